The molecule has 0 spiro atoms. The summed E-state index contributed by atoms with van der Waals surface area (Å²) in [5.41, 5.74) is 0.231. The van der Waals surface area contributed by atoms with Crippen molar-refractivity contribution in [1.82, 2.24) is 4.98 Å². The number of amides is 1. The number of nitrogens with zero attached hydrogens (tertiary/aromatic N) is 1. The number of hydrogen-bond donors (Lipinski definition) is 1. The topological polar surface area (TPSA) is 60.5 Å². The quantitative estimate of drug-likeness (QED) is 0.318. The molecule has 0 aliphatic carbocycles. The molecular formula is C26H36F2N2O3Si. The number of benzene rings is 1. The maximum absolute atomic E-state index is 14.6. The molecule has 0 fully saturated rings. The van der Waals surface area contributed by atoms with Gasteiger partial charge in [0.05, 0.1) is 11.4 Å². The minimum atomic E-state index is -1.85. The lowest BCUT2D eigenvalue weighted by molar-refractivity contribution is 0.0636. The Labute approximate surface area is 202 Å². The van der Waals surface area contributed by atoms with Gasteiger partial charge in [-0.05, 0) is 75.7 Å². The van der Waals surface area contributed by atoms with Crippen LogP contribution in [0.5, 0.6) is 0 Å². The fourth-order valence-electron chi connectivity index (χ4n) is 2.86. The summed E-state index contributed by atoms with van der Waals surface area (Å²) < 4.78 is 40.0. The Morgan fingerprint density at radius 3 is 2.38 bits per heavy atom. The Hall–Kier alpha value is -2.58. The van der Waals surface area contributed by atoms with Gasteiger partial charge >= 0.3 is 6.09 Å². The first-order valence-corrected chi connectivity index (χ1v) is 14.3. The zero-order valence-electron chi connectivity index (χ0n) is 21.4. The van der Waals surface area contributed by atoms with Gasteiger partial charge in [0.2, 0.25) is 0 Å². The molecule has 0 bridgehead atoms. The van der Waals surface area contributed by atoms with Crippen molar-refractivity contribution in [3.05, 3.63) is 53.9 Å². The van der Waals surface area contributed by atoms with E-state index in [2.05, 4.69) is 44.2 Å². The zero-order chi connectivity index (χ0) is 25.7. The third kappa shape index (κ3) is 7.74. The van der Waals surface area contributed by atoms with Crippen LogP contribution in [0.25, 0.3) is 17.2 Å². The van der Waals surface area contributed by atoms with E-state index in [0.717, 1.165) is 18.2 Å². The molecular weight excluding hydrogens is 454 g/mol. The number of carbonyl (C=O) groups is 1. The predicted molar refractivity (Wildman–Crippen MR) is 136 cm³/mol. The van der Waals surface area contributed by atoms with Crippen molar-refractivity contribution >= 4 is 26.2 Å². The van der Waals surface area contributed by atoms with Crippen molar-refractivity contribution in [2.45, 2.75) is 71.7 Å². The molecule has 1 heterocycles. The Bertz CT molecular complexity index is 1040. The number of aromatic nitrogens is 1. The SMILES string of the molecule is CC(C)(C)OC(=O)Nc1c(-c2cc(F)ccc2F)ccnc1C=CCCO[Si](C)(C)C(C)(C)C. The molecule has 1 aromatic carbocycles. The second kappa shape index (κ2) is 10.8. The number of ether oxygens (including phenoxy) is 1. The third-order valence-corrected chi connectivity index (χ3v) is 10.2. The summed E-state index contributed by atoms with van der Waals surface area (Å²) in [6.45, 7) is 16.7. The molecule has 0 atom stereocenters. The summed E-state index contributed by atoms with van der Waals surface area (Å²) in [5.74, 6) is -1.20. The molecule has 0 unspecified atom stereocenters. The first-order chi connectivity index (χ1) is 15.6. The summed E-state index contributed by atoms with van der Waals surface area (Å²) in [6, 6.07) is 4.72. The van der Waals surface area contributed by atoms with Crippen LogP contribution in [0.3, 0.4) is 0 Å². The van der Waals surface area contributed by atoms with Crippen molar-refractivity contribution in [3.63, 3.8) is 0 Å². The first-order valence-electron chi connectivity index (χ1n) is 11.4. The number of hydrogen-bond acceptors (Lipinski definition) is 4. The number of anilines is 1. The molecule has 1 aromatic heterocycles. The van der Waals surface area contributed by atoms with Crippen molar-refractivity contribution in [2.24, 2.45) is 0 Å². The molecule has 5 nitrogen and oxygen atoms in total. The summed E-state index contributed by atoms with van der Waals surface area (Å²) in [5, 5.41) is 2.79. The average molecular weight is 491 g/mol. The largest absolute Gasteiger partial charge is 0.444 e. The lowest BCUT2D eigenvalue weighted by Crippen LogP contribution is -2.40. The van der Waals surface area contributed by atoms with Crippen LogP contribution >= 0.6 is 0 Å². The van der Waals surface area contributed by atoms with Gasteiger partial charge in [-0.3, -0.25) is 10.3 Å². The Morgan fingerprint density at radius 1 is 1.09 bits per heavy atom. The second-order valence-electron chi connectivity index (χ2n) is 10.7. The zero-order valence-corrected chi connectivity index (χ0v) is 22.4. The first kappa shape index (κ1) is 27.7. The van der Waals surface area contributed by atoms with E-state index in [1.54, 1.807) is 26.8 Å². The Balaban J connectivity index is 2.35. The van der Waals surface area contributed by atoms with Gasteiger partial charge in [-0.15, -0.1) is 0 Å². The third-order valence-electron chi connectivity index (χ3n) is 5.65. The standard InChI is InChI=1S/C26H36F2N2O3Si/c1-25(2,3)33-24(31)30-23-19(20-17-18(27)12-13-21(20)28)14-15-29-22(23)11-9-10-16-32-34(7,8)26(4,5)6/h9,11-15,17H,10,16H2,1-8H3,(H,30,31). The summed E-state index contributed by atoms with van der Waals surface area (Å²) in [4.78, 5) is 16.9. The van der Waals surface area contributed by atoms with E-state index in [4.69, 9.17) is 9.16 Å². The maximum atomic E-state index is 14.6. The van der Waals surface area contributed by atoms with Crippen LogP contribution in [0.1, 0.15) is 53.7 Å². The van der Waals surface area contributed by atoms with Crippen LogP contribution in [0.2, 0.25) is 18.1 Å². The molecule has 0 aliphatic heterocycles. The van der Waals surface area contributed by atoms with Crippen LogP contribution in [0.4, 0.5) is 19.3 Å². The van der Waals surface area contributed by atoms with E-state index < -0.39 is 31.6 Å². The summed E-state index contributed by atoms with van der Waals surface area (Å²) in [6.07, 6.45) is 5.04. The number of halogens is 2. The van der Waals surface area contributed by atoms with Gasteiger partial charge in [0.1, 0.15) is 17.2 Å². The molecule has 186 valence electrons. The van der Waals surface area contributed by atoms with Crippen LogP contribution in [0, 0.1) is 11.6 Å². The van der Waals surface area contributed by atoms with Gasteiger partial charge in [-0.1, -0.05) is 26.8 Å². The normalized spacial score (nSPS) is 12.8. The van der Waals surface area contributed by atoms with E-state index in [9.17, 15) is 13.6 Å². The molecule has 0 saturated heterocycles. The van der Waals surface area contributed by atoms with E-state index in [1.807, 2.05) is 6.08 Å². The molecule has 0 radical (unpaired) electrons. The van der Waals surface area contributed by atoms with E-state index in [1.165, 1.54) is 12.3 Å². The molecule has 0 aliphatic rings. The van der Waals surface area contributed by atoms with Gasteiger partial charge in [-0.25, -0.2) is 13.6 Å². The predicted octanol–water partition coefficient (Wildman–Crippen LogP) is 7.80. The fourth-order valence-corrected chi connectivity index (χ4v) is 3.92. The summed E-state index contributed by atoms with van der Waals surface area (Å²) in [7, 11) is -1.85. The van der Waals surface area contributed by atoms with E-state index >= 15 is 0 Å². The highest BCUT2D eigenvalue weighted by molar-refractivity contribution is 6.74. The number of pyridine rings is 1. The maximum Gasteiger partial charge on any atom is 0.412 e. The monoisotopic (exact) mass is 490 g/mol. The lowest BCUT2D eigenvalue weighted by Gasteiger charge is -2.36. The fraction of sp³-hybridized carbons (Fsp3) is 0.462. The van der Waals surface area contributed by atoms with Crippen molar-refractivity contribution in [2.75, 3.05) is 11.9 Å². The number of carbonyl (C=O) groups excluding carboxylic acids is 1. The van der Waals surface area contributed by atoms with E-state index in [0.29, 0.717) is 24.3 Å². The highest BCUT2D eigenvalue weighted by atomic mass is 28.4. The van der Waals surface area contributed by atoms with E-state index in [-0.39, 0.29) is 16.3 Å². The second-order valence-corrected chi connectivity index (χ2v) is 15.5. The molecule has 2 rings (SSSR count). The molecule has 8 heteroatoms. The van der Waals surface area contributed by atoms with Crippen molar-refractivity contribution in [3.8, 4) is 11.1 Å². The summed E-state index contributed by atoms with van der Waals surface area (Å²) >= 11 is 0. The number of rotatable bonds is 7. The minimum absolute atomic E-state index is 0.0179. The van der Waals surface area contributed by atoms with Gasteiger partial charge in [0.25, 0.3) is 0 Å². The van der Waals surface area contributed by atoms with Gasteiger partial charge in [0, 0.05) is 23.9 Å². The molecule has 2 aromatic rings. The molecule has 1 amide bonds. The lowest BCUT2D eigenvalue weighted by atomic mass is 10.0. The molecule has 1 N–H and O–H groups in total. The number of nitrogens with one attached hydrogen (secondary N) is 1. The Kier molecular flexibility index (Phi) is 8.77. The van der Waals surface area contributed by atoms with Crippen molar-refractivity contribution in [1.29, 1.82) is 0 Å². The van der Waals surface area contributed by atoms with Crippen LogP contribution in [-0.4, -0.2) is 31.6 Å². The molecule has 0 saturated carbocycles. The Morgan fingerprint density at radius 2 is 1.76 bits per heavy atom. The van der Waals surface area contributed by atoms with Crippen molar-refractivity contribution < 1.29 is 22.7 Å². The highest BCUT2D eigenvalue weighted by Gasteiger charge is 2.36. The van der Waals surface area contributed by atoms with Gasteiger partial charge < -0.3 is 9.16 Å². The smallest absolute Gasteiger partial charge is 0.412 e. The van der Waals surface area contributed by atoms with Gasteiger partial charge in [0.15, 0.2) is 8.32 Å². The molecule has 34 heavy (non-hydrogen) atoms. The van der Waals surface area contributed by atoms with Crippen LogP contribution in [0.15, 0.2) is 36.5 Å². The minimum Gasteiger partial charge on any atom is -0.444 e. The van der Waals surface area contributed by atoms with Gasteiger partial charge in [-0.2, -0.15) is 0 Å². The van der Waals surface area contributed by atoms with Crippen LogP contribution < -0.4 is 5.32 Å². The average Bonchev–Trinajstić information content (AvgIpc) is 2.68. The van der Waals surface area contributed by atoms with Crippen LogP contribution in [-0.2, 0) is 9.16 Å². The highest BCUT2D eigenvalue weighted by Crippen LogP contribution is 2.37.